The molecule has 0 spiro atoms. The van der Waals surface area contributed by atoms with Gasteiger partial charge < -0.3 is 10.1 Å². The van der Waals surface area contributed by atoms with Gasteiger partial charge in [-0.1, -0.05) is 60.7 Å². The van der Waals surface area contributed by atoms with E-state index in [2.05, 4.69) is 16.0 Å². The maximum atomic E-state index is 13.8. The van der Waals surface area contributed by atoms with Gasteiger partial charge in [0.1, 0.15) is 23.7 Å². The van der Waals surface area contributed by atoms with Crippen LogP contribution in [-0.4, -0.2) is 29.8 Å². The Kier molecular flexibility index (Phi) is 6.98. The van der Waals surface area contributed by atoms with E-state index in [-0.39, 0.29) is 17.9 Å². The van der Waals surface area contributed by atoms with Gasteiger partial charge in [0.25, 0.3) is 0 Å². The first kappa shape index (κ1) is 23.1. The van der Waals surface area contributed by atoms with Crippen molar-refractivity contribution < 1.29 is 23.5 Å². The summed E-state index contributed by atoms with van der Waals surface area (Å²) in [4.78, 5) is 38.1. The van der Waals surface area contributed by atoms with Crippen LogP contribution in [0.4, 0.5) is 10.1 Å². The molecule has 1 aliphatic rings. The van der Waals surface area contributed by atoms with Crippen LogP contribution in [0.25, 0.3) is 0 Å². The van der Waals surface area contributed by atoms with Gasteiger partial charge in [-0.15, -0.1) is 0 Å². The predicted octanol–water partition coefficient (Wildman–Crippen LogP) is 3.13. The minimum atomic E-state index is -0.933. The maximum absolute atomic E-state index is 13.8. The zero-order valence-electron chi connectivity index (χ0n) is 18.5. The Bertz CT molecular complexity index is 1200. The number of hydrogen-bond acceptors (Lipinski definition) is 5. The molecule has 0 saturated heterocycles. The van der Waals surface area contributed by atoms with Gasteiger partial charge in [0.05, 0.1) is 18.2 Å². The standard InChI is InChI=1S/C26H24FN3O4/c1-16(25(32)30-22(31)15-18-11-5-6-12-19(18)27)28-23-24(17-9-3-2-4-10-17)34-21-14-8-7-13-20(21)29-26(23)33/h2-14,16,23-24,28H,15H2,1H3,(H,29,33)(H,30,31,32)/t16-,23-,24+/m0/s1. The highest BCUT2D eigenvalue weighted by Gasteiger charge is 2.37. The van der Waals surface area contributed by atoms with Crippen LogP contribution in [0.2, 0.25) is 0 Å². The molecule has 0 aliphatic carbocycles. The summed E-state index contributed by atoms with van der Waals surface area (Å²) in [5.41, 5.74) is 1.46. The quantitative estimate of drug-likeness (QED) is 0.524. The number of hydrogen-bond donors (Lipinski definition) is 3. The zero-order valence-corrected chi connectivity index (χ0v) is 18.5. The minimum Gasteiger partial charge on any atom is -0.481 e. The zero-order chi connectivity index (χ0) is 24.1. The number of nitrogens with one attached hydrogen (secondary N) is 3. The van der Waals surface area contributed by atoms with Gasteiger partial charge >= 0.3 is 0 Å². The molecule has 7 nitrogen and oxygen atoms in total. The van der Waals surface area contributed by atoms with E-state index >= 15 is 0 Å². The minimum absolute atomic E-state index is 0.187. The third kappa shape index (κ3) is 5.29. The normalized spacial score (nSPS) is 18.0. The maximum Gasteiger partial charge on any atom is 0.245 e. The van der Waals surface area contributed by atoms with Crippen molar-refractivity contribution in [3.63, 3.8) is 0 Å². The van der Waals surface area contributed by atoms with Crippen molar-refractivity contribution in [2.45, 2.75) is 31.5 Å². The number of halogens is 1. The number of carbonyl (C=O) groups excluding carboxylic acids is 3. The molecule has 0 saturated carbocycles. The van der Waals surface area contributed by atoms with E-state index in [1.165, 1.54) is 18.2 Å². The van der Waals surface area contributed by atoms with E-state index in [4.69, 9.17) is 4.74 Å². The Labute approximate surface area is 196 Å². The van der Waals surface area contributed by atoms with Crippen molar-refractivity contribution in [2.75, 3.05) is 5.32 Å². The first-order valence-corrected chi connectivity index (χ1v) is 10.9. The van der Waals surface area contributed by atoms with Crippen molar-refractivity contribution in [1.82, 2.24) is 10.6 Å². The molecular weight excluding hydrogens is 437 g/mol. The van der Waals surface area contributed by atoms with E-state index < -0.39 is 35.8 Å². The lowest BCUT2D eigenvalue weighted by Gasteiger charge is -2.27. The fourth-order valence-corrected chi connectivity index (χ4v) is 3.74. The van der Waals surface area contributed by atoms with Crippen LogP contribution in [0.15, 0.2) is 78.9 Å². The summed E-state index contributed by atoms with van der Waals surface area (Å²) in [5, 5.41) is 8.09. The summed E-state index contributed by atoms with van der Waals surface area (Å²) in [7, 11) is 0. The molecule has 0 aromatic heterocycles. The highest BCUT2D eigenvalue weighted by molar-refractivity contribution is 6.00. The summed E-state index contributed by atoms with van der Waals surface area (Å²) in [6.45, 7) is 1.54. The molecule has 0 fully saturated rings. The second-order valence-electron chi connectivity index (χ2n) is 7.98. The average Bonchev–Trinajstić information content (AvgIpc) is 2.97. The van der Waals surface area contributed by atoms with E-state index in [0.29, 0.717) is 11.4 Å². The first-order valence-electron chi connectivity index (χ1n) is 10.9. The number of amides is 3. The van der Waals surface area contributed by atoms with Gasteiger partial charge in [0.2, 0.25) is 17.7 Å². The number of carbonyl (C=O) groups is 3. The monoisotopic (exact) mass is 461 g/mol. The summed E-state index contributed by atoms with van der Waals surface area (Å²) >= 11 is 0. The fraction of sp³-hybridized carbons (Fsp3) is 0.192. The van der Waals surface area contributed by atoms with Gasteiger partial charge in [-0.2, -0.15) is 0 Å². The molecule has 34 heavy (non-hydrogen) atoms. The van der Waals surface area contributed by atoms with Gasteiger partial charge in [0.15, 0.2) is 0 Å². The van der Waals surface area contributed by atoms with Crippen LogP contribution < -0.4 is 20.7 Å². The molecule has 3 amide bonds. The van der Waals surface area contributed by atoms with E-state index in [1.807, 2.05) is 30.3 Å². The van der Waals surface area contributed by atoms with E-state index in [1.54, 1.807) is 37.3 Å². The third-order valence-electron chi connectivity index (χ3n) is 5.51. The number of ether oxygens (including phenoxy) is 1. The molecule has 0 bridgehead atoms. The van der Waals surface area contributed by atoms with E-state index in [0.717, 1.165) is 5.56 Å². The number of fused-ring (bicyclic) bond motifs is 1. The summed E-state index contributed by atoms with van der Waals surface area (Å²) < 4.78 is 20.0. The van der Waals surface area contributed by atoms with Crippen molar-refractivity contribution in [3.05, 3.63) is 95.8 Å². The van der Waals surface area contributed by atoms with Gasteiger partial charge in [0, 0.05) is 0 Å². The highest BCUT2D eigenvalue weighted by Crippen LogP contribution is 2.34. The smallest absolute Gasteiger partial charge is 0.245 e. The number of anilines is 1. The fourth-order valence-electron chi connectivity index (χ4n) is 3.74. The lowest BCUT2D eigenvalue weighted by atomic mass is 10.0. The molecule has 1 aliphatic heterocycles. The molecule has 8 heteroatoms. The van der Waals surface area contributed by atoms with Crippen LogP contribution in [0.3, 0.4) is 0 Å². The predicted molar refractivity (Wildman–Crippen MR) is 125 cm³/mol. The lowest BCUT2D eigenvalue weighted by Crippen LogP contribution is -2.54. The summed E-state index contributed by atoms with van der Waals surface area (Å²) in [6.07, 6.45) is -1.01. The largest absolute Gasteiger partial charge is 0.481 e. The molecular formula is C26H24FN3O4. The first-order chi connectivity index (χ1) is 16.4. The van der Waals surface area contributed by atoms with Gasteiger partial charge in [-0.3, -0.25) is 25.0 Å². The van der Waals surface area contributed by atoms with Crippen LogP contribution in [0.1, 0.15) is 24.2 Å². The van der Waals surface area contributed by atoms with Crippen LogP contribution in [0.5, 0.6) is 5.75 Å². The van der Waals surface area contributed by atoms with Crippen LogP contribution in [-0.2, 0) is 20.8 Å². The number of rotatable bonds is 6. The molecule has 1 heterocycles. The molecule has 0 unspecified atom stereocenters. The molecule has 3 N–H and O–H groups in total. The molecule has 4 rings (SSSR count). The SMILES string of the molecule is C[C@H](N[C@@H]1C(=O)Nc2ccccc2O[C@@H]1c1ccccc1)C(=O)NC(=O)Cc1ccccc1F. The van der Waals surface area contributed by atoms with Crippen molar-refractivity contribution in [2.24, 2.45) is 0 Å². The Morgan fingerprint density at radius 3 is 2.44 bits per heavy atom. The summed E-state index contributed by atoms with van der Waals surface area (Å²) in [6, 6.07) is 20.3. The third-order valence-corrected chi connectivity index (χ3v) is 5.51. The highest BCUT2D eigenvalue weighted by atomic mass is 19.1. The van der Waals surface area contributed by atoms with E-state index in [9.17, 15) is 18.8 Å². The molecule has 0 radical (unpaired) electrons. The molecule has 3 aromatic carbocycles. The van der Waals surface area contributed by atoms with Crippen molar-refractivity contribution in [3.8, 4) is 5.75 Å². The number of imide groups is 1. The molecule has 3 aromatic rings. The Balaban J connectivity index is 1.49. The molecule has 174 valence electrons. The second kappa shape index (κ2) is 10.3. The van der Waals surface area contributed by atoms with Crippen molar-refractivity contribution >= 4 is 23.4 Å². The van der Waals surface area contributed by atoms with Crippen LogP contribution >= 0.6 is 0 Å². The van der Waals surface area contributed by atoms with Gasteiger partial charge in [-0.25, -0.2) is 4.39 Å². The van der Waals surface area contributed by atoms with Gasteiger partial charge in [-0.05, 0) is 36.2 Å². The molecule has 3 atom stereocenters. The lowest BCUT2D eigenvalue weighted by molar-refractivity contribution is -0.131. The Morgan fingerprint density at radius 2 is 1.68 bits per heavy atom. The van der Waals surface area contributed by atoms with Crippen LogP contribution in [0, 0.1) is 5.82 Å². The van der Waals surface area contributed by atoms with Crippen molar-refractivity contribution in [1.29, 1.82) is 0 Å². The topological polar surface area (TPSA) is 96.5 Å². The average molecular weight is 461 g/mol. The summed E-state index contributed by atoms with van der Waals surface area (Å²) in [5.74, 6) is -1.67. The Morgan fingerprint density at radius 1 is 1.00 bits per heavy atom. The second-order valence-corrected chi connectivity index (χ2v) is 7.98. The number of benzene rings is 3. The number of para-hydroxylation sites is 2. The Hall–Kier alpha value is -4.04.